The first-order valence-electron chi connectivity index (χ1n) is 22.6. The van der Waals surface area contributed by atoms with E-state index in [2.05, 4.69) is 20.9 Å². The van der Waals surface area contributed by atoms with Crippen LogP contribution in [0.15, 0.2) is 42.2 Å². The monoisotopic (exact) mass is 963 g/mol. The number of piperazine rings is 1. The molecular formula is C47H56ClF2N9O9. The number of nitrogens with zero attached hydrogens (tertiary/aromatic N) is 6. The summed E-state index contributed by atoms with van der Waals surface area (Å²) in [7, 11) is 1.65. The highest BCUT2D eigenvalue weighted by molar-refractivity contribution is 6.33. The molecule has 1 aliphatic carbocycles. The van der Waals surface area contributed by atoms with Crippen LogP contribution in [0.5, 0.6) is 0 Å². The fourth-order valence-electron chi connectivity index (χ4n) is 8.40. The first-order chi connectivity index (χ1) is 32.4. The van der Waals surface area contributed by atoms with Crippen molar-refractivity contribution in [2.75, 3.05) is 94.8 Å². The molecule has 2 fully saturated rings. The van der Waals surface area contributed by atoms with Crippen molar-refractivity contribution in [2.45, 2.75) is 65.0 Å². The van der Waals surface area contributed by atoms with E-state index >= 15 is 8.78 Å². The highest BCUT2D eigenvalue weighted by atomic mass is 35.5. The van der Waals surface area contributed by atoms with E-state index in [4.69, 9.17) is 30.8 Å². The summed E-state index contributed by atoms with van der Waals surface area (Å²) in [5.74, 6) is -3.78. The Balaban J connectivity index is 0.883. The van der Waals surface area contributed by atoms with Gasteiger partial charge in [0.05, 0.1) is 42.6 Å². The molecule has 3 aromatic rings. The number of rotatable bonds is 17. The largest absolute Gasteiger partial charge is 0.444 e. The molecule has 2 aromatic carbocycles. The van der Waals surface area contributed by atoms with E-state index in [1.54, 1.807) is 63.9 Å². The highest BCUT2D eigenvalue weighted by Crippen LogP contribution is 2.43. The van der Waals surface area contributed by atoms with Crippen molar-refractivity contribution < 1.29 is 51.8 Å². The van der Waals surface area contributed by atoms with E-state index in [0.717, 1.165) is 4.90 Å². The predicted molar refractivity (Wildman–Crippen MR) is 249 cm³/mol. The van der Waals surface area contributed by atoms with Crippen LogP contribution >= 0.6 is 11.6 Å². The fourth-order valence-corrected chi connectivity index (χ4v) is 8.69. The summed E-state index contributed by atoms with van der Waals surface area (Å²) < 4.78 is 48.8. The second-order valence-electron chi connectivity index (χ2n) is 17.9. The first-order valence-corrected chi connectivity index (χ1v) is 23.0. The molecule has 21 heteroatoms. The molecule has 7 rings (SSSR count). The third-order valence-corrected chi connectivity index (χ3v) is 12.2. The molecule has 6 amide bonds. The molecule has 0 bridgehead atoms. The molecule has 4 aliphatic rings. The number of imide groups is 2. The lowest BCUT2D eigenvalue weighted by Gasteiger charge is -2.36. The summed E-state index contributed by atoms with van der Waals surface area (Å²) in [4.78, 5) is 91.5. The minimum Gasteiger partial charge on any atom is -0.444 e. The second-order valence-corrected chi connectivity index (χ2v) is 18.3. The summed E-state index contributed by atoms with van der Waals surface area (Å²) in [6.07, 6.45) is 3.22. The summed E-state index contributed by atoms with van der Waals surface area (Å²) in [5, 5.41) is 8.72. The number of anilines is 3. The van der Waals surface area contributed by atoms with Gasteiger partial charge in [-0.2, -0.15) is 4.98 Å². The fraction of sp³-hybridized carbons (Fsp3) is 0.489. The standard InChI is InChI=1S/C47H56ClF2N9O9/c1-27-8-6-10-31(49)36(27)38-30(48)26-29-40(39(38)50)54-45(55-41(29)57-17-19-58(20-18-57)46(65)68-47(2,3)4)52-15-14-35(61)56(5)21-23-67-25-24-66-22-16-51-32-11-7-9-28-37(32)44(64)59(43(28)63)33-12-13-34(60)53-42(33)62/h6-7,9-11,26-27,33,51H,8,12-25H2,1-5H3,(H,52,54,55)(H,53,60,62)/t27-,33?/m0/s1. The Hall–Kier alpha value is -6.25. The lowest BCUT2D eigenvalue weighted by molar-refractivity contribution is -0.136. The minimum atomic E-state index is -1.06. The molecule has 0 spiro atoms. The maximum atomic E-state index is 16.7. The minimum absolute atomic E-state index is 0.0215. The van der Waals surface area contributed by atoms with Gasteiger partial charge in [-0.05, 0) is 63.8 Å². The molecule has 364 valence electrons. The van der Waals surface area contributed by atoms with E-state index in [-0.39, 0.29) is 103 Å². The van der Waals surface area contributed by atoms with Gasteiger partial charge < -0.3 is 39.5 Å². The van der Waals surface area contributed by atoms with E-state index < -0.39 is 53.0 Å². The lowest BCUT2D eigenvalue weighted by Crippen LogP contribution is -2.54. The van der Waals surface area contributed by atoms with Crippen LogP contribution in [0.2, 0.25) is 5.02 Å². The van der Waals surface area contributed by atoms with Gasteiger partial charge in [0.1, 0.15) is 28.8 Å². The molecule has 1 unspecified atom stereocenters. The third-order valence-electron chi connectivity index (χ3n) is 11.9. The second kappa shape index (κ2) is 21.4. The molecule has 1 aromatic heterocycles. The van der Waals surface area contributed by atoms with Gasteiger partial charge in [0.2, 0.25) is 23.7 Å². The molecule has 3 aliphatic heterocycles. The first kappa shape index (κ1) is 49.6. The maximum absolute atomic E-state index is 16.7. The van der Waals surface area contributed by atoms with E-state index in [1.165, 1.54) is 17.0 Å². The summed E-state index contributed by atoms with van der Waals surface area (Å²) in [5.41, 5.74) is 0.124. The maximum Gasteiger partial charge on any atom is 0.410 e. The van der Waals surface area contributed by atoms with Gasteiger partial charge >= 0.3 is 6.09 Å². The Labute approximate surface area is 397 Å². The normalized spacial score (nSPS) is 18.6. The van der Waals surface area contributed by atoms with Crippen molar-refractivity contribution in [3.8, 4) is 0 Å². The highest BCUT2D eigenvalue weighted by Gasteiger charge is 2.45. The van der Waals surface area contributed by atoms with Crippen molar-refractivity contribution in [1.29, 1.82) is 0 Å². The van der Waals surface area contributed by atoms with Gasteiger partial charge in [0, 0.05) is 87.9 Å². The number of piperidine rings is 1. The number of hydrogen-bond acceptors (Lipinski definition) is 14. The Bertz CT molecular complexity index is 2540. The number of allylic oxidation sites excluding steroid dienone is 4. The van der Waals surface area contributed by atoms with Gasteiger partial charge in [0.25, 0.3) is 11.8 Å². The number of ether oxygens (including phenoxy) is 3. The number of likely N-dealkylation sites (N-methyl/N-ethyl adjacent to an activating group) is 1. The van der Waals surface area contributed by atoms with E-state index in [1.807, 2.05) is 4.90 Å². The van der Waals surface area contributed by atoms with Crippen LogP contribution in [0.4, 0.5) is 31.0 Å². The summed E-state index contributed by atoms with van der Waals surface area (Å²) in [6.45, 7) is 10.2. The zero-order chi connectivity index (χ0) is 48.9. The quantitative estimate of drug-likeness (QED) is 0.112. The molecule has 3 N–H and O–H groups in total. The lowest BCUT2D eigenvalue weighted by atomic mass is 9.86. The number of fused-ring (bicyclic) bond motifs is 2. The average Bonchev–Trinajstić information content (AvgIpc) is 3.54. The van der Waals surface area contributed by atoms with Crippen molar-refractivity contribution in [3.05, 3.63) is 69.8 Å². The Morgan fingerprint density at radius 1 is 0.956 bits per heavy atom. The zero-order valence-electron chi connectivity index (χ0n) is 38.7. The Morgan fingerprint density at radius 2 is 1.69 bits per heavy atom. The number of aromatic nitrogens is 2. The number of benzene rings is 2. The molecule has 0 saturated carbocycles. The van der Waals surface area contributed by atoms with Crippen LogP contribution in [0.25, 0.3) is 16.5 Å². The van der Waals surface area contributed by atoms with Crippen LogP contribution in [0.1, 0.15) is 79.7 Å². The van der Waals surface area contributed by atoms with Crippen molar-refractivity contribution in [3.63, 3.8) is 0 Å². The number of hydrogen-bond donors (Lipinski definition) is 3. The molecule has 0 radical (unpaired) electrons. The Kier molecular flexibility index (Phi) is 15.6. The van der Waals surface area contributed by atoms with E-state index in [0.29, 0.717) is 62.6 Å². The van der Waals surface area contributed by atoms with Crippen LogP contribution in [0.3, 0.4) is 0 Å². The van der Waals surface area contributed by atoms with Crippen LogP contribution in [-0.2, 0) is 28.6 Å². The topological polar surface area (TPSA) is 205 Å². The summed E-state index contributed by atoms with van der Waals surface area (Å²) >= 11 is 6.73. The number of carbonyl (C=O) groups excluding carboxylic acids is 6. The van der Waals surface area contributed by atoms with Gasteiger partial charge in [0.15, 0.2) is 5.82 Å². The van der Waals surface area contributed by atoms with E-state index in [9.17, 15) is 28.8 Å². The predicted octanol–water partition coefficient (Wildman–Crippen LogP) is 5.56. The molecule has 4 heterocycles. The van der Waals surface area contributed by atoms with Crippen LogP contribution in [-0.4, -0.2) is 151 Å². The molecule has 2 saturated heterocycles. The molecule has 18 nitrogen and oxygen atoms in total. The van der Waals surface area contributed by atoms with Gasteiger partial charge in [-0.1, -0.05) is 30.7 Å². The molecule has 2 atom stereocenters. The Morgan fingerprint density at radius 3 is 2.40 bits per heavy atom. The van der Waals surface area contributed by atoms with Crippen molar-refractivity contribution in [1.82, 2.24) is 30.0 Å². The number of carbonyl (C=O) groups is 6. The summed E-state index contributed by atoms with van der Waals surface area (Å²) in [6, 6.07) is 5.31. The molecule has 68 heavy (non-hydrogen) atoms. The zero-order valence-corrected chi connectivity index (χ0v) is 39.5. The van der Waals surface area contributed by atoms with Crippen molar-refractivity contribution in [2.24, 2.45) is 5.92 Å². The SMILES string of the molecule is C[C@H]1CC=CC(F)=C1c1c(Cl)cc2c(N3CCN(C(=O)OC(C)(C)C)CC3)nc(NCCC(=O)N(C)CCOCCOCCNc3cccc4c3C(=O)N(C3CCC(=O)NC3=O)C4=O)nc2c1F. The van der Waals surface area contributed by atoms with Crippen LogP contribution < -0.4 is 20.9 Å². The van der Waals surface area contributed by atoms with Crippen molar-refractivity contribution >= 4 is 81.2 Å². The van der Waals surface area contributed by atoms with Gasteiger partial charge in [-0.3, -0.25) is 34.2 Å². The van der Waals surface area contributed by atoms with Crippen LogP contribution in [0, 0.1) is 11.7 Å². The molecular weight excluding hydrogens is 908 g/mol. The number of amides is 6. The smallest absolute Gasteiger partial charge is 0.410 e. The number of nitrogens with one attached hydrogen (secondary N) is 3. The van der Waals surface area contributed by atoms with Gasteiger partial charge in [-0.15, -0.1) is 0 Å². The average molecular weight is 964 g/mol. The number of halogens is 3. The van der Waals surface area contributed by atoms with Gasteiger partial charge in [-0.25, -0.2) is 18.6 Å². The third kappa shape index (κ3) is 11.2.